The van der Waals surface area contributed by atoms with Gasteiger partial charge in [-0.1, -0.05) is 17.7 Å². The van der Waals surface area contributed by atoms with Gasteiger partial charge in [-0.15, -0.1) is 0 Å². The molecule has 2 nitrogen and oxygen atoms in total. The quantitative estimate of drug-likeness (QED) is 0.809. The first-order chi connectivity index (χ1) is 9.88. The second-order valence-electron chi connectivity index (χ2n) is 4.81. The van der Waals surface area contributed by atoms with Gasteiger partial charge in [-0.3, -0.25) is 9.00 Å². The lowest BCUT2D eigenvalue weighted by atomic mass is 10.0. The molecule has 0 aliphatic heterocycles. The van der Waals surface area contributed by atoms with Gasteiger partial charge in [0.1, 0.15) is 11.6 Å². The van der Waals surface area contributed by atoms with Crippen LogP contribution in [0.5, 0.6) is 0 Å². The van der Waals surface area contributed by atoms with Gasteiger partial charge >= 0.3 is 0 Å². The summed E-state index contributed by atoms with van der Waals surface area (Å²) in [5.41, 5.74) is 2.13. The molecule has 0 aliphatic carbocycles. The molecule has 0 radical (unpaired) electrons. The number of halogens is 2. The molecule has 0 fully saturated rings. The molecule has 2 rings (SSSR count). The Kier molecular flexibility index (Phi) is 4.63. The van der Waals surface area contributed by atoms with Crippen LogP contribution < -0.4 is 0 Å². The molecule has 0 aliphatic rings. The van der Waals surface area contributed by atoms with E-state index in [0.29, 0.717) is 5.56 Å². The Morgan fingerprint density at radius 1 is 1.10 bits per heavy atom. The van der Waals surface area contributed by atoms with Crippen molar-refractivity contribution in [2.45, 2.75) is 18.7 Å². The van der Waals surface area contributed by atoms with Gasteiger partial charge in [-0.05, 0) is 43.7 Å². The summed E-state index contributed by atoms with van der Waals surface area (Å²) in [5, 5.41) is 0. The molecular weight excluding hydrogens is 294 g/mol. The first kappa shape index (κ1) is 15.5. The Hall–Kier alpha value is -1.88. The lowest BCUT2D eigenvalue weighted by Gasteiger charge is -2.07. The van der Waals surface area contributed by atoms with E-state index in [1.54, 1.807) is 19.1 Å². The molecule has 1 unspecified atom stereocenters. The summed E-state index contributed by atoms with van der Waals surface area (Å²) in [6, 6.07) is 8.09. The van der Waals surface area contributed by atoms with Gasteiger partial charge in [-0.2, -0.15) is 0 Å². The van der Waals surface area contributed by atoms with Crippen LogP contribution in [0.1, 0.15) is 21.5 Å². The molecule has 0 bridgehead atoms. The van der Waals surface area contributed by atoms with Crippen LogP contribution in [0, 0.1) is 25.5 Å². The Morgan fingerprint density at radius 2 is 1.81 bits per heavy atom. The number of hydrogen-bond donors (Lipinski definition) is 0. The number of benzene rings is 2. The van der Waals surface area contributed by atoms with E-state index in [1.807, 2.05) is 13.0 Å². The van der Waals surface area contributed by atoms with Crippen LogP contribution in [0.25, 0.3) is 0 Å². The third-order valence-corrected chi connectivity index (χ3v) is 4.42. The van der Waals surface area contributed by atoms with Gasteiger partial charge in [0, 0.05) is 5.56 Å². The fourth-order valence-electron chi connectivity index (χ4n) is 1.96. The molecule has 0 aromatic heterocycles. The fraction of sp³-hybridized carbons (Fsp3) is 0.188. The minimum Gasteiger partial charge on any atom is -0.293 e. The van der Waals surface area contributed by atoms with Gasteiger partial charge in [0.25, 0.3) is 0 Å². The average molecular weight is 308 g/mol. The maximum Gasteiger partial charge on any atom is 0.175 e. The molecule has 1 atom stereocenters. The van der Waals surface area contributed by atoms with Crippen LogP contribution in [0.4, 0.5) is 8.78 Å². The van der Waals surface area contributed by atoms with Crippen molar-refractivity contribution in [1.82, 2.24) is 0 Å². The minimum atomic E-state index is -1.92. The zero-order valence-electron chi connectivity index (χ0n) is 11.7. The number of ketones is 1. The molecule has 0 N–H and O–H groups in total. The Balaban J connectivity index is 2.25. The molecule has 2 aromatic rings. The van der Waals surface area contributed by atoms with Crippen molar-refractivity contribution < 1.29 is 17.8 Å². The van der Waals surface area contributed by atoms with Crippen LogP contribution in [-0.4, -0.2) is 15.7 Å². The monoisotopic (exact) mass is 308 g/mol. The van der Waals surface area contributed by atoms with E-state index in [4.69, 9.17) is 0 Å². The molecule has 0 saturated heterocycles. The molecule has 0 heterocycles. The van der Waals surface area contributed by atoms with Gasteiger partial charge in [-0.25, -0.2) is 8.78 Å². The predicted molar refractivity (Wildman–Crippen MR) is 77.9 cm³/mol. The van der Waals surface area contributed by atoms with Crippen LogP contribution in [0.3, 0.4) is 0 Å². The normalized spacial score (nSPS) is 12.2. The summed E-state index contributed by atoms with van der Waals surface area (Å²) in [6.45, 7) is 3.62. The molecule has 5 heteroatoms. The highest BCUT2D eigenvalue weighted by Gasteiger charge is 2.17. The summed E-state index contributed by atoms with van der Waals surface area (Å²) in [7, 11) is -1.92. The Labute approximate surface area is 124 Å². The van der Waals surface area contributed by atoms with Gasteiger partial charge in [0.15, 0.2) is 5.78 Å². The van der Waals surface area contributed by atoms with Crippen LogP contribution >= 0.6 is 0 Å². The maximum absolute atomic E-state index is 13.5. The third-order valence-electron chi connectivity index (χ3n) is 3.09. The number of aryl methyl sites for hydroxylation is 2. The number of carbonyl (C=O) groups excluding carboxylic acids is 1. The lowest BCUT2D eigenvalue weighted by molar-refractivity contribution is 0.102. The van der Waals surface area contributed by atoms with Crippen molar-refractivity contribution in [3.05, 3.63) is 64.7 Å². The summed E-state index contributed by atoms with van der Waals surface area (Å²) < 4.78 is 38.7. The summed E-state index contributed by atoms with van der Waals surface area (Å²) in [5.74, 6) is -2.18. The molecule has 0 spiro atoms. The molecule has 0 amide bonds. The van der Waals surface area contributed by atoms with Gasteiger partial charge in [0.05, 0.1) is 21.4 Å². The van der Waals surface area contributed by atoms with Crippen molar-refractivity contribution in [2.75, 3.05) is 5.75 Å². The molecule has 0 saturated carbocycles. The molecular formula is C16H14F2O2S. The smallest absolute Gasteiger partial charge is 0.175 e. The Bertz CT molecular complexity index is 665. The van der Waals surface area contributed by atoms with E-state index < -0.39 is 22.4 Å². The van der Waals surface area contributed by atoms with Gasteiger partial charge < -0.3 is 0 Å². The first-order valence-electron chi connectivity index (χ1n) is 6.32. The molecule has 2 aromatic carbocycles. The second-order valence-corrected chi connectivity index (χ2v) is 6.23. The highest BCUT2D eigenvalue weighted by molar-refractivity contribution is 7.85. The van der Waals surface area contributed by atoms with E-state index >= 15 is 0 Å². The summed E-state index contributed by atoms with van der Waals surface area (Å²) >= 11 is 0. The predicted octanol–water partition coefficient (Wildman–Crippen LogP) is 3.57. The topological polar surface area (TPSA) is 34.1 Å². The van der Waals surface area contributed by atoms with E-state index in [-0.39, 0.29) is 16.4 Å². The van der Waals surface area contributed by atoms with Crippen molar-refractivity contribution in [3.8, 4) is 0 Å². The number of rotatable bonds is 4. The molecule has 21 heavy (non-hydrogen) atoms. The second kappa shape index (κ2) is 6.26. The van der Waals surface area contributed by atoms with Crippen LogP contribution in [-0.2, 0) is 10.8 Å². The van der Waals surface area contributed by atoms with Crippen molar-refractivity contribution in [2.24, 2.45) is 0 Å². The van der Waals surface area contributed by atoms with Crippen molar-refractivity contribution in [3.63, 3.8) is 0 Å². The van der Waals surface area contributed by atoms with E-state index in [9.17, 15) is 17.8 Å². The number of Topliss-reactive ketones (excluding diaryl/α,β-unsaturated/α-hetero) is 1. The zero-order chi connectivity index (χ0) is 15.6. The third kappa shape index (κ3) is 3.61. The minimum absolute atomic E-state index is 0.284. The first-order valence-corrected chi connectivity index (χ1v) is 7.64. The largest absolute Gasteiger partial charge is 0.293 e. The van der Waals surface area contributed by atoms with E-state index in [0.717, 1.165) is 29.3 Å². The highest BCUT2D eigenvalue weighted by Crippen LogP contribution is 2.17. The lowest BCUT2D eigenvalue weighted by Crippen LogP contribution is -2.13. The Morgan fingerprint density at radius 3 is 2.52 bits per heavy atom. The fourth-order valence-corrected chi connectivity index (χ4v) is 3.04. The summed E-state index contributed by atoms with van der Waals surface area (Å²) in [6.07, 6.45) is 0. The van der Waals surface area contributed by atoms with Crippen molar-refractivity contribution >= 4 is 16.6 Å². The van der Waals surface area contributed by atoms with Crippen molar-refractivity contribution in [1.29, 1.82) is 0 Å². The number of carbonyl (C=O) groups is 1. The van der Waals surface area contributed by atoms with Crippen LogP contribution in [0.2, 0.25) is 0 Å². The van der Waals surface area contributed by atoms with Gasteiger partial charge in [0.2, 0.25) is 0 Å². The number of hydrogen-bond acceptors (Lipinski definition) is 2. The average Bonchev–Trinajstić information content (AvgIpc) is 2.43. The SMILES string of the molecule is Cc1ccc(C)c(C(=O)CS(=O)c2cc(F)ccc2F)c1. The summed E-state index contributed by atoms with van der Waals surface area (Å²) in [4.78, 5) is 11.9. The van der Waals surface area contributed by atoms with Crippen LogP contribution in [0.15, 0.2) is 41.3 Å². The molecule has 110 valence electrons. The standard InChI is InChI=1S/C16H14F2O2S/c1-10-3-4-11(2)13(7-10)15(19)9-21(20)16-8-12(17)5-6-14(16)18/h3-8H,9H2,1-2H3. The van der Waals surface area contributed by atoms with E-state index in [2.05, 4.69) is 0 Å². The highest BCUT2D eigenvalue weighted by atomic mass is 32.2. The van der Waals surface area contributed by atoms with E-state index in [1.165, 1.54) is 0 Å². The zero-order valence-corrected chi connectivity index (χ0v) is 12.5. The maximum atomic E-state index is 13.5.